The van der Waals surface area contributed by atoms with E-state index in [1.54, 1.807) is 6.07 Å². The minimum absolute atomic E-state index is 0.534. The van der Waals surface area contributed by atoms with Crippen molar-refractivity contribution in [3.63, 3.8) is 0 Å². The molecule has 4 heteroatoms. The lowest BCUT2D eigenvalue weighted by atomic mass is 10.0. The van der Waals surface area contributed by atoms with Crippen LogP contribution < -0.4 is 10.5 Å². The molecule has 0 saturated carbocycles. The van der Waals surface area contributed by atoms with Gasteiger partial charge in [0.25, 0.3) is 0 Å². The summed E-state index contributed by atoms with van der Waals surface area (Å²) in [5.41, 5.74) is 8.52. The van der Waals surface area contributed by atoms with Gasteiger partial charge in [-0.3, -0.25) is 0 Å². The van der Waals surface area contributed by atoms with Gasteiger partial charge in [0.2, 0.25) is 0 Å². The van der Waals surface area contributed by atoms with E-state index in [0.717, 1.165) is 17.7 Å². The first-order valence-electron chi connectivity index (χ1n) is 6.73. The van der Waals surface area contributed by atoms with Crippen molar-refractivity contribution in [3.05, 3.63) is 46.6 Å². The molecule has 0 aliphatic heterocycles. The Hall–Kier alpha value is -2.02. The molecule has 2 aromatic rings. The average Bonchev–Trinajstić information content (AvgIpc) is 2.48. The number of nitrogens with two attached hydrogens (primary N) is 1. The third-order valence-electron chi connectivity index (χ3n) is 3.02. The predicted molar refractivity (Wildman–Crippen MR) is 86.5 cm³/mol. The minimum atomic E-state index is 0.534. The fourth-order valence-electron chi connectivity index (χ4n) is 1.99. The van der Waals surface area contributed by atoms with Gasteiger partial charge in [-0.2, -0.15) is 0 Å². The molecule has 0 aliphatic rings. The third-order valence-corrected chi connectivity index (χ3v) is 3.33. The number of aromatic nitrogens is 1. The molecule has 3 nitrogen and oxygen atoms in total. The second kappa shape index (κ2) is 7.12. The monoisotopic (exact) mass is 300 g/mol. The molecule has 0 saturated heterocycles. The number of ether oxygens (including phenoxy) is 1. The summed E-state index contributed by atoms with van der Waals surface area (Å²) in [6.45, 7) is 3.05. The van der Waals surface area contributed by atoms with Crippen molar-refractivity contribution in [2.24, 2.45) is 5.73 Å². The summed E-state index contributed by atoms with van der Waals surface area (Å²) in [6, 6.07) is 9.33. The first kappa shape index (κ1) is 15.4. The van der Waals surface area contributed by atoms with Gasteiger partial charge < -0.3 is 10.5 Å². The third kappa shape index (κ3) is 3.55. The smallest absolute Gasteiger partial charge is 0.145 e. The molecule has 0 spiro atoms. The Morgan fingerprint density at radius 3 is 2.86 bits per heavy atom. The minimum Gasteiger partial charge on any atom is -0.491 e. The fraction of sp³-hybridized carbons (Fsp3) is 0.235. The highest BCUT2D eigenvalue weighted by Crippen LogP contribution is 2.33. The lowest BCUT2D eigenvalue weighted by molar-refractivity contribution is 0.313. The van der Waals surface area contributed by atoms with Crippen LogP contribution in [0.2, 0.25) is 5.02 Å². The molecule has 0 radical (unpaired) electrons. The summed E-state index contributed by atoms with van der Waals surface area (Å²) in [5, 5.41) is 0.534. The summed E-state index contributed by atoms with van der Waals surface area (Å²) >= 11 is 6.17. The van der Waals surface area contributed by atoms with Crippen molar-refractivity contribution in [2.45, 2.75) is 13.3 Å². The standard InChI is InChI=1S/C17H17ClN2O/c1-3-13-14(6-4-7-15(13)18)17-16(21-11-5-10-19)9-8-12(2)20-17/h1,4,6-9H,5,10-11,19H2,2H3. The quantitative estimate of drug-likeness (QED) is 0.680. The number of rotatable bonds is 5. The zero-order valence-corrected chi connectivity index (χ0v) is 12.7. The molecule has 1 aromatic heterocycles. The predicted octanol–water partition coefficient (Wildman–Crippen LogP) is 3.42. The number of hydrogen-bond acceptors (Lipinski definition) is 3. The largest absolute Gasteiger partial charge is 0.491 e. The molecule has 2 rings (SSSR count). The lowest BCUT2D eigenvalue weighted by Gasteiger charge is -2.13. The number of terminal acetylenes is 1. The Morgan fingerprint density at radius 2 is 2.14 bits per heavy atom. The summed E-state index contributed by atoms with van der Waals surface area (Å²) in [4.78, 5) is 4.56. The summed E-state index contributed by atoms with van der Waals surface area (Å²) < 4.78 is 5.77. The number of aryl methyl sites for hydroxylation is 1. The van der Waals surface area contributed by atoms with Gasteiger partial charge in [-0.05, 0) is 38.1 Å². The summed E-state index contributed by atoms with van der Waals surface area (Å²) in [7, 11) is 0. The number of pyridine rings is 1. The molecule has 21 heavy (non-hydrogen) atoms. The summed E-state index contributed by atoms with van der Waals surface area (Å²) in [5.74, 6) is 3.32. The van der Waals surface area contributed by atoms with E-state index in [1.165, 1.54) is 0 Å². The van der Waals surface area contributed by atoms with Crippen molar-refractivity contribution in [2.75, 3.05) is 13.2 Å². The normalized spacial score (nSPS) is 10.2. The van der Waals surface area contributed by atoms with Crippen LogP contribution in [0.3, 0.4) is 0 Å². The van der Waals surface area contributed by atoms with Crippen LogP contribution in [-0.4, -0.2) is 18.1 Å². The Balaban J connectivity index is 2.50. The Morgan fingerprint density at radius 1 is 1.33 bits per heavy atom. The number of benzene rings is 1. The summed E-state index contributed by atoms with van der Waals surface area (Å²) in [6.07, 6.45) is 6.36. The zero-order chi connectivity index (χ0) is 15.2. The van der Waals surface area contributed by atoms with Crippen LogP contribution in [0.1, 0.15) is 17.7 Å². The van der Waals surface area contributed by atoms with E-state index in [-0.39, 0.29) is 0 Å². The van der Waals surface area contributed by atoms with E-state index in [0.29, 0.717) is 35.2 Å². The Labute approximate surface area is 130 Å². The number of nitrogens with zero attached hydrogens (tertiary/aromatic N) is 1. The van der Waals surface area contributed by atoms with Gasteiger partial charge in [0.05, 0.1) is 17.2 Å². The van der Waals surface area contributed by atoms with Gasteiger partial charge in [-0.1, -0.05) is 29.7 Å². The van der Waals surface area contributed by atoms with Crippen LogP contribution in [0.25, 0.3) is 11.3 Å². The molecule has 0 unspecified atom stereocenters. The second-order valence-electron chi connectivity index (χ2n) is 4.60. The molecule has 1 heterocycles. The molecule has 0 fully saturated rings. The van der Waals surface area contributed by atoms with Crippen LogP contribution in [0, 0.1) is 19.3 Å². The maximum Gasteiger partial charge on any atom is 0.145 e. The molecule has 1 aromatic carbocycles. The van der Waals surface area contributed by atoms with Crippen LogP contribution in [-0.2, 0) is 0 Å². The molecule has 0 aliphatic carbocycles. The van der Waals surface area contributed by atoms with Gasteiger partial charge in [-0.15, -0.1) is 6.42 Å². The molecule has 0 amide bonds. The van der Waals surface area contributed by atoms with Crippen LogP contribution in [0.15, 0.2) is 30.3 Å². The van der Waals surface area contributed by atoms with E-state index in [4.69, 9.17) is 28.5 Å². The van der Waals surface area contributed by atoms with E-state index in [9.17, 15) is 0 Å². The van der Waals surface area contributed by atoms with E-state index in [2.05, 4.69) is 10.9 Å². The highest BCUT2D eigenvalue weighted by molar-refractivity contribution is 6.32. The molecule has 2 N–H and O–H groups in total. The van der Waals surface area contributed by atoms with Crippen molar-refractivity contribution in [3.8, 4) is 29.4 Å². The highest BCUT2D eigenvalue weighted by Gasteiger charge is 2.14. The Kier molecular flexibility index (Phi) is 5.21. The van der Waals surface area contributed by atoms with Crippen LogP contribution >= 0.6 is 11.6 Å². The Bertz CT molecular complexity index is 677. The maximum absolute atomic E-state index is 6.17. The number of hydrogen-bond donors (Lipinski definition) is 1. The molecular weight excluding hydrogens is 284 g/mol. The first-order chi connectivity index (χ1) is 10.2. The topological polar surface area (TPSA) is 48.1 Å². The van der Waals surface area contributed by atoms with Gasteiger partial charge >= 0.3 is 0 Å². The van der Waals surface area contributed by atoms with E-state index < -0.39 is 0 Å². The average molecular weight is 301 g/mol. The van der Waals surface area contributed by atoms with Crippen molar-refractivity contribution >= 4 is 11.6 Å². The van der Waals surface area contributed by atoms with Crippen LogP contribution in [0.4, 0.5) is 0 Å². The van der Waals surface area contributed by atoms with Crippen molar-refractivity contribution in [1.82, 2.24) is 4.98 Å². The molecule has 0 atom stereocenters. The van der Waals surface area contributed by atoms with Gasteiger partial charge in [0.1, 0.15) is 11.4 Å². The van der Waals surface area contributed by atoms with Crippen molar-refractivity contribution < 1.29 is 4.74 Å². The van der Waals surface area contributed by atoms with Crippen LogP contribution in [0.5, 0.6) is 5.75 Å². The number of halogens is 1. The van der Waals surface area contributed by atoms with Crippen molar-refractivity contribution in [1.29, 1.82) is 0 Å². The molecule has 0 bridgehead atoms. The van der Waals surface area contributed by atoms with Gasteiger partial charge in [0.15, 0.2) is 0 Å². The van der Waals surface area contributed by atoms with E-state index in [1.807, 2.05) is 31.2 Å². The second-order valence-corrected chi connectivity index (χ2v) is 5.00. The fourth-order valence-corrected chi connectivity index (χ4v) is 2.22. The maximum atomic E-state index is 6.17. The SMILES string of the molecule is C#Cc1c(Cl)cccc1-c1nc(C)ccc1OCCCN. The highest BCUT2D eigenvalue weighted by atomic mass is 35.5. The first-order valence-corrected chi connectivity index (χ1v) is 7.11. The molecule has 108 valence electrons. The van der Waals surface area contributed by atoms with Gasteiger partial charge in [0, 0.05) is 11.3 Å². The van der Waals surface area contributed by atoms with Gasteiger partial charge in [-0.25, -0.2) is 4.98 Å². The molecular formula is C17H17ClN2O. The van der Waals surface area contributed by atoms with E-state index >= 15 is 0 Å². The lowest BCUT2D eigenvalue weighted by Crippen LogP contribution is -2.07. The zero-order valence-electron chi connectivity index (χ0n) is 11.9.